The first-order valence-corrected chi connectivity index (χ1v) is 14.2. The lowest BCUT2D eigenvalue weighted by Gasteiger charge is -2.37. The van der Waals surface area contributed by atoms with Gasteiger partial charge in [0.2, 0.25) is 11.8 Å². The number of hydrogen-bond donors (Lipinski definition) is 3. The fourth-order valence-electron chi connectivity index (χ4n) is 6.15. The fourth-order valence-corrected chi connectivity index (χ4v) is 6.15. The van der Waals surface area contributed by atoms with Gasteiger partial charge in [0.1, 0.15) is 0 Å². The van der Waals surface area contributed by atoms with Crippen molar-refractivity contribution < 1.29 is 14.7 Å². The zero-order valence-electron chi connectivity index (χ0n) is 23.0. The largest absolute Gasteiger partial charge is 0.392 e. The van der Waals surface area contributed by atoms with Crippen LogP contribution in [-0.2, 0) is 9.59 Å². The average molecular weight is 529 g/mol. The number of aromatic nitrogens is 1. The number of carbonyl (C=O) groups is 2. The van der Waals surface area contributed by atoms with E-state index >= 15 is 0 Å². The molecule has 2 amide bonds. The molecule has 7 heteroatoms. The maximum absolute atomic E-state index is 12.7. The van der Waals surface area contributed by atoms with E-state index in [9.17, 15) is 14.7 Å². The Morgan fingerprint density at radius 1 is 1.08 bits per heavy atom. The Labute approximate surface area is 230 Å². The molecule has 0 aliphatic carbocycles. The van der Waals surface area contributed by atoms with Gasteiger partial charge in [0.15, 0.2) is 0 Å². The number of rotatable bonds is 7. The summed E-state index contributed by atoms with van der Waals surface area (Å²) in [5, 5.41) is 15.1. The molecule has 3 N–H and O–H groups in total. The number of hydrogen-bond acceptors (Lipinski definition) is 4. The number of fused-ring (bicyclic) bond motifs is 1. The predicted octanol–water partition coefficient (Wildman–Crippen LogP) is 4.93. The van der Waals surface area contributed by atoms with Crippen molar-refractivity contribution in [1.82, 2.24) is 14.8 Å². The first kappa shape index (κ1) is 27.2. The SMILES string of the molecule is CC(=O)Nc1ccc2[nH]cc(C3CCN(CC(O)C4CCN(C(=O)/C=C/c5cccc(C)c5)CC4)CC3)c2c1. The Morgan fingerprint density at radius 3 is 2.56 bits per heavy atom. The summed E-state index contributed by atoms with van der Waals surface area (Å²) < 4.78 is 0. The molecule has 2 aliphatic rings. The Bertz CT molecular complexity index is 1330. The lowest BCUT2D eigenvalue weighted by atomic mass is 9.87. The summed E-state index contributed by atoms with van der Waals surface area (Å²) in [5.74, 6) is 0.675. The quantitative estimate of drug-likeness (QED) is 0.380. The molecule has 0 saturated carbocycles. The molecule has 0 radical (unpaired) electrons. The lowest BCUT2D eigenvalue weighted by Crippen LogP contribution is -2.45. The summed E-state index contributed by atoms with van der Waals surface area (Å²) in [6.07, 6.45) is 9.08. The van der Waals surface area contributed by atoms with Crippen LogP contribution in [0.2, 0.25) is 0 Å². The van der Waals surface area contributed by atoms with Crippen molar-refractivity contribution in [2.24, 2.45) is 5.92 Å². The highest BCUT2D eigenvalue weighted by Gasteiger charge is 2.30. The summed E-state index contributed by atoms with van der Waals surface area (Å²) in [4.78, 5) is 31.8. The lowest BCUT2D eigenvalue weighted by molar-refractivity contribution is -0.128. The maximum Gasteiger partial charge on any atom is 0.246 e. The van der Waals surface area contributed by atoms with Crippen molar-refractivity contribution in [3.8, 4) is 0 Å². The Balaban J connectivity index is 1.08. The molecule has 0 bridgehead atoms. The van der Waals surface area contributed by atoms with E-state index in [1.165, 1.54) is 23.4 Å². The Kier molecular flexibility index (Phi) is 8.48. The van der Waals surface area contributed by atoms with Crippen LogP contribution >= 0.6 is 0 Å². The summed E-state index contributed by atoms with van der Waals surface area (Å²) in [6.45, 7) is 7.58. The summed E-state index contributed by atoms with van der Waals surface area (Å²) >= 11 is 0. The number of aliphatic hydroxyl groups excluding tert-OH is 1. The number of aryl methyl sites for hydroxylation is 1. The molecule has 2 saturated heterocycles. The van der Waals surface area contributed by atoms with Crippen molar-refractivity contribution in [2.75, 3.05) is 38.0 Å². The first-order valence-electron chi connectivity index (χ1n) is 14.2. The molecule has 1 aromatic heterocycles. The third-order valence-corrected chi connectivity index (χ3v) is 8.36. The molecule has 3 heterocycles. The third-order valence-electron chi connectivity index (χ3n) is 8.36. The van der Waals surface area contributed by atoms with E-state index in [0.717, 1.165) is 55.5 Å². The molecule has 39 heavy (non-hydrogen) atoms. The molecule has 2 aliphatic heterocycles. The first-order chi connectivity index (χ1) is 18.9. The minimum absolute atomic E-state index is 0.0491. The molecular formula is C32H40N4O3. The zero-order valence-corrected chi connectivity index (χ0v) is 23.0. The summed E-state index contributed by atoms with van der Waals surface area (Å²) in [7, 11) is 0. The number of likely N-dealkylation sites (tertiary alicyclic amines) is 2. The molecule has 3 aromatic rings. The number of carbonyl (C=O) groups excluding carboxylic acids is 2. The van der Waals surface area contributed by atoms with Crippen molar-refractivity contribution in [1.29, 1.82) is 0 Å². The van der Waals surface area contributed by atoms with Gasteiger partial charge in [-0.2, -0.15) is 0 Å². The molecule has 7 nitrogen and oxygen atoms in total. The molecule has 5 rings (SSSR count). The minimum Gasteiger partial charge on any atom is -0.392 e. The van der Waals surface area contributed by atoms with Crippen LogP contribution in [0, 0.1) is 12.8 Å². The van der Waals surface area contributed by atoms with Crippen LogP contribution in [0.1, 0.15) is 55.2 Å². The van der Waals surface area contributed by atoms with Gasteiger partial charge in [0, 0.05) is 55.4 Å². The van der Waals surface area contributed by atoms with Gasteiger partial charge in [-0.25, -0.2) is 0 Å². The van der Waals surface area contributed by atoms with E-state index < -0.39 is 0 Å². The van der Waals surface area contributed by atoms with E-state index in [1.807, 2.05) is 48.2 Å². The van der Waals surface area contributed by atoms with Crippen molar-refractivity contribution in [3.63, 3.8) is 0 Å². The number of β-amino-alcohol motifs (C(OH)–C–C–N with tert-alkyl or cyclic N) is 1. The average Bonchev–Trinajstić information content (AvgIpc) is 3.35. The van der Waals surface area contributed by atoms with Crippen LogP contribution in [-0.4, -0.2) is 70.5 Å². The van der Waals surface area contributed by atoms with Gasteiger partial charge in [-0.3, -0.25) is 9.59 Å². The number of H-pyrrole nitrogens is 1. The predicted molar refractivity (Wildman–Crippen MR) is 157 cm³/mol. The van der Waals surface area contributed by atoms with Crippen LogP contribution in [0.5, 0.6) is 0 Å². The number of amides is 2. The number of nitrogens with zero attached hydrogens (tertiary/aromatic N) is 2. The van der Waals surface area contributed by atoms with Crippen molar-refractivity contribution >= 4 is 34.5 Å². The Morgan fingerprint density at radius 2 is 1.85 bits per heavy atom. The second-order valence-corrected chi connectivity index (χ2v) is 11.2. The maximum atomic E-state index is 12.7. The monoisotopic (exact) mass is 528 g/mol. The number of nitrogens with one attached hydrogen (secondary N) is 2. The molecule has 1 atom stereocenters. The highest BCUT2D eigenvalue weighted by molar-refractivity contribution is 5.94. The standard InChI is InChI=1S/C32H40N4O3/c1-22-4-3-5-24(18-22)6-9-32(39)36-16-12-26(13-17-36)31(38)21-35-14-10-25(11-15-35)29-20-33-30-8-7-27(19-28(29)30)34-23(2)37/h3-9,18-20,25-26,31,33,38H,10-17,21H2,1-2H3,(H,34,37)/b9-6+. The summed E-state index contributed by atoms with van der Waals surface area (Å²) in [6, 6.07) is 14.1. The second kappa shape index (κ2) is 12.2. The molecular weight excluding hydrogens is 488 g/mol. The van der Waals surface area contributed by atoms with E-state index in [0.29, 0.717) is 25.6 Å². The minimum atomic E-state index is -0.366. The number of aromatic amines is 1. The molecule has 206 valence electrons. The fraction of sp³-hybridized carbons (Fsp3) is 0.438. The van der Waals surface area contributed by atoms with Crippen LogP contribution in [0.25, 0.3) is 17.0 Å². The van der Waals surface area contributed by atoms with Crippen LogP contribution < -0.4 is 5.32 Å². The van der Waals surface area contributed by atoms with Gasteiger partial charge in [0.05, 0.1) is 6.10 Å². The van der Waals surface area contributed by atoms with Crippen molar-refractivity contribution in [2.45, 2.75) is 51.6 Å². The van der Waals surface area contributed by atoms with Crippen LogP contribution in [0.15, 0.2) is 54.7 Å². The van der Waals surface area contributed by atoms with Gasteiger partial charge in [-0.15, -0.1) is 0 Å². The van der Waals surface area contributed by atoms with Gasteiger partial charge >= 0.3 is 0 Å². The van der Waals surface area contributed by atoms with Gasteiger partial charge in [0.25, 0.3) is 0 Å². The van der Waals surface area contributed by atoms with Crippen LogP contribution in [0.4, 0.5) is 5.69 Å². The zero-order chi connectivity index (χ0) is 27.4. The van der Waals surface area contributed by atoms with E-state index in [4.69, 9.17) is 0 Å². The third kappa shape index (κ3) is 6.78. The highest BCUT2D eigenvalue weighted by atomic mass is 16.3. The normalized spacial score (nSPS) is 18.6. The number of aliphatic hydroxyl groups is 1. The summed E-state index contributed by atoms with van der Waals surface area (Å²) in [5.41, 5.74) is 5.44. The molecule has 1 unspecified atom stereocenters. The smallest absolute Gasteiger partial charge is 0.246 e. The van der Waals surface area contributed by atoms with E-state index in [1.54, 1.807) is 6.08 Å². The van der Waals surface area contributed by atoms with Gasteiger partial charge in [-0.1, -0.05) is 29.8 Å². The van der Waals surface area contributed by atoms with E-state index in [-0.39, 0.29) is 23.8 Å². The molecule has 2 fully saturated rings. The van der Waals surface area contributed by atoms with E-state index in [2.05, 4.69) is 33.5 Å². The Hall–Kier alpha value is -3.42. The van der Waals surface area contributed by atoms with Gasteiger partial charge in [-0.05, 0) is 92.9 Å². The van der Waals surface area contributed by atoms with Crippen LogP contribution in [0.3, 0.4) is 0 Å². The topological polar surface area (TPSA) is 88.7 Å². The van der Waals surface area contributed by atoms with Crippen molar-refractivity contribution in [3.05, 3.63) is 71.4 Å². The highest BCUT2D eigenvalue weighted by Crippen LogP contribution is 2.35. The van der Waals surface area contributed by atoms with Gasteiger partial charge < -0.3 is 25.2 Å². The molecule has 0 spiro atoms. The number of anilines is 1. The molecule has 2 aromatic carbocycles. The number of benzene rings is 2. The number of piperidine rings is 2. The second-order valence-electron chi connectivity index (χ2n) is 11.2.